The lowest BCUT2D eigenvalue weighted by Gasteiger charge is -1.99. The molecule has 2 nitrogen and oxygen atoms in total. The maximum absolute atomic E-state index is 13.1. The van der Waals surface area contributed by atoms with E-state index in [2.05, 4.69) is 9.97 Å². The highest BCUT2D eigenvalue weighted by Crippen LogP contribution is 2.19. The van der Waals surface area contributed by atoms with Gasteiger partial charge in [0.1, 0.15) is 11.6 Å². The van der Waals surface area contributed by atoms with Gasteiger partial charge in [0.25, 0.3) is 0 Å². The van der Waals surface area contributed by atoms with Crippen molar-refractivity contribution < 1.29 is 4.39 Å². The summed E-state index contributed by atoms with van der Waals surface area (Å²) in [5.74, 6) is 0.767. The summed E-state index contributed by atoms with van der Waals surface area (Å²) in [5, 5.41) is 0. The van der Waals surface area contributed by atoms with E-state index in [9.17, 15) is 4.39 Å². The van der Waals surface area contributed by atoms with Crippen molar-refractivity contribution in [2.45, 2.75) is 12.8 Å². The fourth-order valence-corrected chi connectivity index (χ4v) is 1.58. The zero-order chi connectivity index (χ0) is 10.8. The number of hydrogen-bond acceptors (Lipinski definition) is 1. The summed E-state index contributed by atoms with van der Waals surface area (Å²) in [4.78, 5) is 7.16. The lowest BCUT2D eigenvalue weighted by Crippen LogP contribution is -1.85. The van der Waals surface area contributed by atoms with Gasteiger partial charge in [0.05, 0.1) is 5.88 Å². The first kappa shape index (κ1) is 10.2. The molecule has 78 valence electrons. The second-order valence-corrected chi connectivity index (χ2v) is 3.68. The fraction of sp³-hybridized carbons (Fsp3) is 0.182. The van der Waals surface area contributed by atoms with E-state index in [1.54, 1.807) is 6.20 Å². The number of halogens is 2. The molecule has 1 N–H and O–H groups in total. The van der Waals surface area contributed by atoms with Gasteiger partial charge in [-0.3, -0.25) is 0 Å². The molecule has 1 aromatic heterocycles. The van der Waals surface area contributed by atoms with Crippen molar-refractivity contribution in [2.75, 3.05) is 0 Å². The number of imidazole rings is 1. The van der Waals surface area contributed by atoms with Crippen molar-refractivity contribution in [3.05, 3.63) is 41.5 Å². The first-order valence-corrected chi connectivity index (χ1v) is 5.10. The lowest BCUT2D eigenvalue weighted by molar-refractivity contribution is 0.627. The number of aromatic amines is 1. The maximum Gasteiger partial charge on any atom is 0.137 e. The van der Waals surface area contributed by atoms with Crippen molar-refractivity contribution in [3.8, 4) is 11.4 Å². The Morgan fingerprint density at radius 1 is 1.40 bits per heavy atom. The molecule has 1 heterocycles. The number of rotatable bonds is 2. The number of H-pyrrole nitrogens is 1. The average Bonchev–Trinajstić information content (AvgIpc) is 2.64. The summed E-state index contributed by atoms with van der Waals surface area (Å²) in [6, 6.07) is 4.80. The van der Waals surface area contributed by atoms with Gasteiger partial charge in [0, 0.05) is 17.5 Å². The minimum atomic E-state index is -0.256. The topological polar surface area (TPSA) is 28.7 Å². The Bertz CT molecular complexity index is 459. The highest BCUT2D eigenvalue weighted by atomic mass is 35.5. The SMILES string of the molecule is Cc1cc(F)cc(-c2ncc(CCl)[nH]2)c1. The van der Waals surface area contributed by atoms with E-state index in [0.29, 0.717) is 11.7 Å². The molecular weight excluding hydrogens is 215 g/mol. The molecule has 1 aromatic carbocycles. The molecule has 0 saturated carbocycles. The van der Waals surface area contributed by atoms with Crippen LogP contribution in [-0.4, -0.2) is 9.97 Å². The van der Waals surface area contributed by atoms with E-state index in [-0.39, 0.29) is 5.82 Å². The molecule has 0 radical (unpaired) electrons. The molecule has 0 atom stereocenters. The third-order valence-electron chi connectivity index (χ3n) is 2.09. The highest BCUT2D eigenvalue weighted by molar-refractivity contribution is 6.16. The summed E-state index contributed by atoms with van der Waals surface area (Å²) in [6.45, 7) is 1.85. The summed E-state index contributed by atoms with van der Waals surface area (Å²) in [6.07, 6.45) is 1.66. The van der Waals surface area contributed by atoms with Crippen molar-refractivity contribution in [1.82, 2.24) is 9.97 Å². The molecule has 4 heteroatoms. The molecular formula is C11H10ClFN2. The smallest absolute Gasteiger partial charge is 0.137 e. The van der Waals surface area contributed by atoms with E-state index in [4.69, 9.17) is 11.6 Å². The third-order valence-corrected chi connectivity index (χ3v) is 2.38. The van der Waals surface area contributed by atoms with Crippen molar-refractivity contribution >= 4 is 11.6 Å². The lowest BCUT2D eigenvalue weighted by atomic mass is 10.1. The standard InChI is InChI=1S/C11H10ClFN2/c1-7-2-8(4-9(13)3-7)11-14-6-10(5-12)15-11/h2-4,6H,5H2,1H3,(H,14,15). The number of benzene rings is 1. The van der Waals surface area contributed by atoms with Crippen LogP contribution in [-0.2, 0) is 5.88 Å². The molecule has 0 aliphatic heterocycles. The van der Waals surface area contributed by atoms with Gasteiger partial charge in [-0.25, -0.2) is 9.37 Å². The maximum atomic E-state index is 13.1. The first-order chi connectivity index (χ1) is 7.19. The molecule has 15 heavy (non-hydrogen) atoms. The van der Waals surface area contributed by atoms with Crippen LogP contribution in [0.2, 0.25) is 0 Å². The van der Waals surface area contributed by atoms with Gasteiger partial charge < -0.3 is 4.98 Å². The molecule has 0 aliphatic carbocycles. The first-order valence-electron chi connectivity index (χ1n) is 4.56. The van der Waals surface area contributed by atoms with E-state index in [1.165, 1.54) is 12.1 Å². The Balaban J connectivity index is 2.44. The molecule has 0 amide bonds. The molecule has 2 aromatic rings. The summed E-state index contributed by atoms with van der Waals surface area (Å²) >= 11 is 5.64. The third kappa shape index (κ3) is 2.18. The molecule has 0 aliphatic rings. The molecule has 0 unspecified atom stereocenters. The van der Waals surface area contributed by atoms with E-state index >= 15 is 0 Å². The molecule has 0 fully saturated rings. The predicted molar refractivity (Wildman–Crippen MR) is 58.3 cm³/mol. The van der Waals surface area contributed by atoms with E-state index in [0.717, 1.165) is 16.8 Å². The van der Waals surface area contributed by atoms with Gasteiger partial charge in [-0.1, -0.05) is 0 Å². The van der Waals surface area contributed by atoms with Crippen LogP contribution in [0.15, 0.2) is 24.4 Å². The largest absolute Gasteiger partial charge is 0.341 e. The van der Waals surface area contributed by atoms with E-state index in [1.807, 2.05) is 13.0 Å². The Morgan fingerprint density at radius 3 is 2.80 bits per heavy atom. The van der Waals surface area contributed by atoms with Gasteiger partial charge in [-0.05, 0) is 30.7 Å². The number of aromatic nitrogens is 2. The second-order valence-electron chi connectivity index (χ2n) is 3.41. The van der Waals surface area contributed by atoms with Crippen LogP contribution < -0.4 is 0 Å². The van der Waals surface area contributed by atoms with Crippen LogP contribution in [0.3, 0.4) is 0 Å². The molecule has 2 rings (SSSR count). The van der Waals surface area contributed by atoms with Crippen molar-refractivity contribution in [3.63, 3.8) is 0 Å². The number of nitrogens with one attached hydrogen (secondary N) is 1. The molecule has 0 bridgehead atoms. The quantitative estimate of drug-likeness (QED) is 0.780. The summed E-state index contributed by atoms with van der Waals surface area (Å²) < 4.78 is 13.1. The van der Waals surface area contributed by atoms with Crippen LogP contribution in [0.25, 0.3) is 11.4 Å². The Kier molecular flexibility index (Phi) is 2.73. The van der Waals surface area contributed by atoms with Crippen LogP contribution in [0.5, 0.6) is 0 Å². The van der Waals surface area contributed by atoms with Crippen molar-refractivity contribution in [1.29, 1.82) is 0 Å². The fourth-order valence-electron chi connectivity index (χ4n) is 1.45. The average molecular weight is 225 g/mol. The number of alkyl halides is 1. The zero-order valence-electron chi connectivity index (χ0n) is 8.22. The van der Waals surface area contributed by atoms with Crippen LogP contribution in [0.4, 0.5) is 4.39 Å². The Morgan fingerprint density at radius 2 is 2.20 bits per heavy atom. The normalized spacial score (nSPS) is 10.6. The van der Waals surface area contributed by atoms with Crippen LogP contribution in [0, 0.1) is 12.7 Å². The molecule has 0 spiro atoms. The van der Waals surface area contributed by atoms with Gasteiger partial charge in [0.15, 0.2) is 0 Å². The molecule has 0 saturated heterocycles. The highest BCUT2D eigenvalue weighted by Gasteiger charge is 2.05. The van der Waals surface area contributed by atoms with Gasteiger partial charge in [0.2, 0.25) is 0 Å². The van der Waals surface area contributed by atoms with Gasteiger partial charge in [-0.2, -0.15) is 0 Å². The van der Waals surface area contributed by atoms with Gasteiger partial charge in [-0.15, -0.1) is 11.6 Å². The monoisotopic (exact) mass is 224 g/mol. The number of nitrogens with zero attached hydrogens (tertiary/aromatic N) is 1. The number of aryl methyl sites for hydroxylation is 1. The van der Waals surface area contributed by atoms with Crippen LogP contribution in [0.1, 0.15) is 11.3 Å². The van der Waals surface area contributed by atoms with Crippen molar-refractivity contribution in [2.24, 2.45) is 0 Å². The minimum absolute atomic E-state index is 0.256. The van der Waals surface area contributed by atoms with Crippen LogP contribution >= 0.6 is 11.6 Å². The second kappa shape index (κ2) is 4.03. The predicted octanol–water partition coefficient (Wildman–Crippen LogP) is 3.26. The number of hydrogen-bond donors (Lipinski definition) is 1. The van der Waals surface area contributed by atoms with Gasteiger partial charge >= 0.3 is 0 Å². The Labute approximate surface area is 92.1 Å². The summed E-state index contributed by atoms with van der Waals surface area (Å²) in [7, 11) is 0. The summed E-state index contributed by atoms with van der Waals surface area (Å²) in [5.41, 5.74) is 2.44. The Hall–Kier alpha value is -1.35. The van der Waals surface area contributed by atoms with E-state index < -0.39 is 0 Å². The zero-order valence-corrected chi connectivity index (χ0v) is 8.98. The minimum Gasteiger partial charge on any atom is -0.341 e.